The molecule has 0 aliphatic carbocycles. The Bertz CT molecular complexity index is 513. The van der Waals surface area contributed by atoms with Crippen molar-refractivity contribution in [1.29, 1.82) is 0 Å². The zero-order valence-electron chi connectivity index (χ0n) is 15.3. The highest BCUT2D eigenvalue weighted by Gasteiger charge is 2.07. The molecule has 0 aromatic heterocycles. The van der Waals surface area contributed by atoms with Gasteiger partial charge in [-0.05, 0) is 36.1 Å². The Labute approximate surface area is 150 Å². The average molecular weight is 349 g/mol. The summed E-state index contributed by atoms with van der Waals surface area (Å²) in [6, 6.07) is 7.60. The molecule has 1 rings (SSSR count). The average Bonchev–Trinajstić information content (AvgIpc) is 2.65. The summed E-state index contributed by atoms with van der Waals surface area (Å²) >= 11 is 0. The number of benzene rings is 1. The minimum atomic E-state index is -0.932. The Balaban J connectivity index is 2.42. The minimum Gasteiger partial charge on any atom is -0.493 e. The molecule has 0 bridgehead atoms. The maximum absolute atomic E-state index is 11.6. The fraction of sp³-hybridized carbons (Fsp3) is 0.550. The molecule has 25 heavy (non-hydrogen) atoms. The van der Waals surface area contributed by atoms with Gasteiger partial charge >= 0.3 is 0 Å². The molecule has 5 heteroatoms. The maximum Gasteiger partial charge on any atom is 0.244 e. The second-order valence-corrected chi connectivity index (χ2v) is 6.21. The maximum atomic E-state index is 11.6. The van der Waals surface area contributed by atoms with E-state index in [2.05, 4.69) is 19.2 Å². The molecule has 3 N–H and O–H groups in total. The Morgan fingerprint density at radius 3 is 2.60 bits per heavy atom. The van der Waals surface area contributed by atoms with E-state index in [9.17, 15) is 9.90 Å². The number of unbranched alkanes of at least 4 members (excludes halogenated alkanes) is 1. The fourth-order valence-electron chi connectivity index (χ4n) is 2.30. The molecule has 2 atom stereocenters. The summed E-state index contributed by atoms with van der Waals surface area (Å²) in [4.78, 5) is 11.6. The number of aliphatic hydroxyl groups excluding tert-OH is 2. The number of ether oxygens (including phenoxy) is 1. The van der Waals surface area contributed by atoms with Crippen LogP contribution in [0.2, 0.25) is 0 Å². The molecule has 0 saturated heterocycles. The van der Waals surface area contributed by atoms with Crippen LogP contribution in [0.4, 0.5) is 0 Å². The smallest absolute Gasteiger partial charge is 0.244 e. The molecular weight excluding hydrogens is 318 g/mol. The molecule has 0 aliphatic rings. The van der Waals surface area contributed by atoms with E-state index in [4.69, 9.17) is 9.84 Å². The van der Waals surface area contributed by atoms with Crippen LogP contribution in [0.3, 0.4) is 0 Å². The zero-order valence-corrected chi connectivity index (χ0v) is 15.3. The predicted octanol–water partition coefficient (Wildman–Crippen LogP) is 2.76. The first-order valence-electron chi connectivity index (χ1n) is 9.06. The Morgan fingerprint density at radius 1 is 1.28 bits per heavy atom. The third kappa shape index (κ3) is 9.27. The number of hydrogen-bond acceptors (Lipinski definition) is 4. The van der Waals surface area contributed by atoms with Gasteiger partial charge < -0.3 is 20.3 Å². The van der Waals surface area contributed by atoms with Crippen LogP contribution >= 0.6 is 0 Å². The first-order chi connectivity index (χ1) is 12.1. The monoisotopic (exact) mass is 349 g/mol. The van der Waals surface area contributed by atoms with Crippen LogP contribution in [-0.2, 0) is 4.79 Å². The summed E-state index contributed by atoms with van der Waals surface area (Å²) in [6.45, 7) is 4.80. The highest BCUT2D eigenvalue weighted by atomic mass is 16.5. The number of carbonyl (C=O) groups excluding carboxylic acids is 1. The highest BCUT2D eigenvalue weighted by Crippen LogP contribution is 2.17. The van der Waals surface area contributed by atoms with E-state index in [1.807, 2.05) is 24.3 Å². The Kier molecular flexibility index (Phi) is 10.6. The van der Waals surface area contributed by atoms with Crippen molar-refractivity contribution in [3.8, 4) is 5.75 Å². The normalized spacial score (nSPS) is 13.6. The molecule has 0 spiro atoms. The van der Waals surface area contributed by atoms with E-state index in [0.717, 1.165) is 24.3 Å². The van der Waals surface area contributed by atoms with Crippen molar-refractivity contribution in [2.24, 2.45) is 5.92 Å². The zero-order chi connectivity index (χ0) is 18.5. The molecule has 1 amide bonds. The van der Waals surface area contributed by atoms with Gasteiger partial charge in [0.1, 0.15) is 5.75 Å². The quantitative estimate of drug-likeness (QED) is 0.507. The first kappa shape index (κ1) is 21.2. The third-order valence-corrected chi connectivity index (χ3v) is 4.06. The second kappa shape index (κ2) is 12.5. The van der Waals surface area contributed by atoms with E-state index in [0.29, 0.717) is 5.92 Å². The lowest BCUT2D eigenvalue weighted by molar-refractivity contribution is -0.117. The van der Waals surface area contributed by atoms with E-state index in [1.165, 1.54) is 25.3 Å². The standard InChI is InChI=1S/C20H31NO4/c1-3-5-6-16(4-2)15-25-19-10-7-17(8-11-19)9-12-20(24)21-13-18(23)14-22/h7-12,16,18,22-23H,3-6,13-15H2,1-2H3,(H,21,24)/b12-9+. The van der Waals surface area contributed by atoms with Gasteiger partial charge in [0.05, 0.1) is 19.3 Å². The number of aliphatic hydroxyl groups is 2. The number of nitrogens with one attached hydrogen (secondary N) is 1. The fourth-order valence-corrected chi connectivity index (χ4v) is 2.30. The second-order valence-electron chi connectivity index (χ2n) is 6.21. The highest BCUT2D eigenvalue weighted by molar-refractivity contribution is 5.91. The number of carbonyl (C=O) groups is 1. The number of amides is 1. The summed E-state index contributed by atoms with van der Waals surface area (Å²) in [7, 11) is 0. The first-order valence-corrected chi connectivity index (χ1v) is 9.06. The van der Waals surface area contributed by atoms with Crippen LogP contribution in [-0.4, -0.2) is 42.0 Å². The van der Waals surface area contributed by atoms with Gasteiger partial charge in [-0.3, -0.25) is 4.79 Å². The SMILES string of the molecule is CCCCC(CC)COc1ccc(/C=C/C(=O)NCC(O)CO)cc1. The van der Waals surface area contributed by atoms with Crippen molar-refractivity contribution in [1.82, 2.24) is 5.32 Å². The molecule has 2 unspecified atom stereocenters. The lowest BCUT2D eigenvalue weighted by atomic mass is 10.0. The van der Waals surface area contributed by atoms with E-state index in [-0.39, 0.29) is 19.1 Å². The van der Waals surface area contributed by atoms with Gasteiger partial charge in [-0.2, -0.15) is 0 Å². The summed E-state index contributed by atoms with van der Waals surface area (Å²) in [5.41, 5.74) is 0.892. The van der Waals surface area contributed by atoms with Crippen LogP contribution in [0.5, 0.6) is 5.75 Å². The summed E-state index contributed by atoms with van der Waals surface area (Å²) in [5, 5.41) is 20.4. The van der Waals surface area contributed by atoms with Gasteiger partial charge in [0.2, 0.25) is 5.91 Å². The largest absolute Gasteiger partial charge is 0.493 e. The van der Waals surface area contributed by atoms with Crippen molar-refractivity contribution in [2.45, 2.75) is 45.6 Å². The summed E-state index contributed by atoms with van der Waals surface area (Å²) < 4.78 is 5.86. The minimum absolute atomic E-state index is 0.0308. The van der Waals surface area contributed by atoms with E-state index in [1.54, 1.807) is 6.08 Å². The third-order valence-electron chi connectivity index (χ3n) is 4.06. The molecule has 1 aromatic rings. The summed E-state index contributed by atoms with van der Waals surface area (Å²) in [5.74, 6) is 1.12. The Hall–Kier alpha value is -1.85. The molecule has 140 valence electrons. The molecule has 0 heterocycles. The number of hydrogen-bond donors (Lipinski definition) is 3. The van der Waals surface area contributed by atoms with Crippen LogP contribution in [0.25, 0.3) is 6.08 Å². The lowest BCUT2D eigenvalue weighted by Gasteiger charge is -2.15. The van der Waals surface area contributed by atoms with Gasteiger partial charge in [-0.15, -0.1) is 0 Å². The molecule has 0 aliphatic heterocycles. The number of rotatable bonds is 12. The topological polar surface area (TPSA) is 78.8 Å². The van der Waals surface area contributed by atoms with Gasteiger partial charge in [-0.25, -0.2) is 0 Å². The van der Waals surface area contributed by atoms with Crippen molar-refractivity contribution >= 4 is 12.0 Å². The van der Waals surface area contributed by atoms with E-state index < -0.39 is 6.10 Å². The lowest BCUT2D eigenvalue weighted by Crippen LogP contribution is -2.32. The van der Waals surface area contributed by atoms with Crippen molar-refractivity contribution in [2.75, 3.05) is 19.8 Å². The van der Waals surface area contributed by atoms with Crippen LogP contribution in [0.15, 0.2) is 30.3 Å². The van der Waals surface area contributed by atoms with Crippen LogP contribution in [0.1, 0.15) is 45.1 Å². The van der Waals surface area contributed by atoms with Crippen molar-refractivity contribution in [3.05, 3.63) is 35.9 Å². The van der Waals surface area contributed by atoms with Gasteiger partial charge in [0, 0.05) is 12.6 Å². The molecule has 5 nitrogen and oxygen atoms in total. The summed E-state index contributed by atoms with van der Waals surface area (Å²) in [6.07, 6.45) is 6.94. The molecule has 0 fully saturated rings. The van der Waals surface area contributed by atoms with E-state index >= 15 is 0 Å². The van der Waals surface area contributed by atoms with Crippen molar-refractivity contribution in [3.63, 3.8) is 0 Å². The van der Waals surface area contributed by atoms with Gasteiger partial charge in [-0.1, -0.05) is 45.2 Å². The van der Waals surface area contributed by atoms with Crippen molar-refractivity contribution < 1.29 is 19.7 Å². The molecule has 1 aromatic carbocycles. The molecule has 0 radical (unpaired) electrons. The predicted molar refractivity (Wildman–Crippen MR) is 100 cm³/mol. The molecule has 0 saturated carbocycles. The molecular formula is C20H31NO4. The van der Waals surface area contributed by atoms with Crippen LogP contribution < -0.4 is 10.1 Å². The van der Waals surface area contributed by atoms with Gasteiger partial charge in [0.15, 0.2) is 0 Å². The van der Waals surface area contributed by atoms with Gasteiger partial charge in [0.25, 0.3) is 0 Å². The Morgan fingerprint density at radius 2 is 2.00 bits per heavy atom. The van der Waals surface area contributed by atoms with Crippen LogP contribution in [0, 0.1) is 5.92 Å².